The van der Waals surface area contributed by atoms with Crippen molar-refractivity contribution in [1.82, 2.24) is 19.9 Å². The van der Waals surface area contributed by atoms with E-state index in [9.17, 15) is 9.59 Å². The van der Waals surface area contributed by atoms with Crippen molar-refractivity contribution in [1.29, 1.82) is 0 Å². The van der Waals surface area contributed by atoms with Crippen LogP contribution in [0.1, 0.15) is 5.82 Å². The molecule has 2 rings (SSSR count). The molecule has 0 amide bonds. The lowest BCUT2D eigenvalue weighted by molar-refractivity contribution is -0.136. The highest BCUT2D eigenvalue weighted by molar-refractivity contribution is 5.74. The van der Waals surface area contributed by atoms with Crippen LogP contribution >= 0.6 is 0 Å². The van der Waals surface area contributed by atoms with Crippen molar-refractivity contribution < 1.29 is 9.90 Å². The maximum atomic E-state index is 11.3. The molecule has 5 N–H and O–H groups in total. The van der Waals surface area contributed by atoms with Gasteiger partial charge in [-0.15, -0.1) is 0 Å². The third-order valence-corrected chi connectivity index (χ3v) is 1.75. The van der Waals surface area contributed by atoms with Gasteiger partial charge in [-0.1, -0.05) is 0 Å². The first-order chi connectivity index (χ1) is 7.06. The summed E-state index contributed by atoms with van der Waals surface area (Å²) in [5.74, 6) is -0.930. The van der Waals surface area contributed by atoms with Crippen LogP contribution in [0.4, 0.5) is 5.95 Å². The summed E-state index contributed by atoms with van der Waals surface area (Å²) in [6, 6.07) is 0. The smallest absolute Gasteiger partial charge is 0.311 e. The topological polar surface area (TPSA) is 138 Å². The average molecular weight is 209 g/mol. The molecule has 0 radical (unpaired) electrons. The van der Waals surface area contributed by atoms with Gasteiger partial charge in [0.15, 0.2) is 11.2 Å². The molecule has 0 aliphatic carbocycles. The maximum Gasteiger partial charge on any atom is 0.311 e. The van der Waals surface area contributed by atoms with Crippen molar-refractivity contribution >= 4 is 23.1 Å². The Labute approximate surface area is 82.2 Å². The SMILES string of the molecule is Nc1nc2nc(CC(=O)O)[nH]c2c(=O)[nH]1. The number of nitrogens with one attached hydrogen (secondary N) is 2. The number of fused-ring (bicyclic) bond motifs is 1. The highest BCUT2D eigenvalue weighted by Crippen LogP contribution is 2.04. The van der Waals surface area contributed by atoms with Gasteiger partial charge in [0.25, 0.3) is 5.56 Å². The van der Waals surface area contributed by atoms with E-state index in [2.05, 4.69) is 19.9 Å². The predicted octanol–water partition coefficient (Wildman–Crippen LogP) is -1.14. The number of anilines is 1. The van der Waals surface area contributed by atoms with E-state index in [-0.39, 0.29) is 29.4 Å². The number of nitrogen functional groups attached to an aromatic ring is 1. The number of hydrogen-bond acceptors (Lipinski definition) is 5. The van der Waals surface area contributed by atoms with Crippen LogP contribution in [0.15, 0.2) is 4.79 Å². The second-order valence-electron chi connectivity index (χ2n) is 2.90. The fraction of sp³-hybridized carbons (Fsp3) is 0.143. The summed E-state index contributed by atoms with van der Waals surface area (Å²) in [5, 5.41) is 8.52. The Morgan fingerprint density at radius 2 is 2.13 bits per heavy atom. The van der Waals surface area contributed by atoms with Crippen LogP contribution in [0.2, 0.25) is 0 Å². The third-order valence-electron chi connectivity index (χ3n) is 1.75. The van der Waals surface area contributed by atoms with Gasteiger partial charge >= 0.3 is 5.97 Å². The average Bonchev–Trinajstić information content (AvgIpc) is 2.45. The number of carboxylic acid groups (broad SMARTS) is 1. The van der Waals surface area contributed by atoms with E-state index in [0.717, 1.165) is 0 Å². The van der Waals surface area contributed by atoms with E-state index in [1.807, 2.05) is 0 Å². The third kappa shape index (κ3) is 1.64. The number of aliphatic carboxylic acids is 1. The first-order valence-electron chi connectivity index (χ1n) is 4.02. The van der Waals surface area contributed by atoms with E-state index in [1.54, 1.807) is 0 Å². The standard InChI is InChI=1S/C7H7N5O3/c8-7-11-5-4(6(15)12-7)9-2(10-5)1-3(13)14/h1H2,(H,13,14)(H4,8,9,10,11,12,15). The Morgan fingerprint density at radius 1 is 1.40 bits per heavy atom. The summed E-state index contributed by atoms with van der Waals surface area (Å²) in [6.45, 7) is 0. The molecule has 0 aliphatic rings. The number of aromatic amines is 2. The maximum absolute atomic E-state index is 11.3. The van der Waals surface area contributed by atoms with E-state index >= 15 is 0 Å². The number of rotatable bonds is 2. The van der Waals surface area contributed by atoms with E-state index in [0.29, 0.717) is 0 Å². The quantitative estimate of drug-likeness (QED) is 0.493. The van der Waals surface area contributed by atoms with Gasteiger partial charge in [-0.3, -0.25) is 14.6 Å². The summed E-state index contributed by atoms with van der Waals surface area (Å²) in [6.07, 6.45) is -0.296. The highest BCUT2D eigenvalue weighted by atomic mass is 16.4. The Kier molecular flexibility index (Phi) is 1.89. The number of carbonyl (C=O) groups is 1. The van der Waals surface area contributed by atoms with E-state index < -0.39 is 11.5 Å². The molecule has 0 aromatic carbocycles. The van der Waals surface area contributed by atoms with Gasteiger partial charge < -0.3 is 15.8 Å². The monoisotopic (exact) mass is 209 g/mol. The molecule has 0 fully saturated rings. The number of nitrogens with zero attached hydrogens (tertiary/aromatic N) is 2. The molecular weight excluding hydrogens is 202 g/mol. The number of H-pyrrole nitrogens is 2. The molecule has 78 valence electrons. The second-order valence-corrected chi connectivity index (χ2v) is 2.90. The van der Waals surface area contributed by atoms with E-state index in [4.69, 9.17) is 10.8 Å². The summed E-state index contributed by atoms with van der Waals surface area (Å²) in [7, 11) is 0. The molecule has 8 nitrogen and oxygen atoms in total. The minimum absolute atomic E-state index is 0.0547. The number of aromatic nitrogens is 4. The lowest BCUT2D eigenvalue weighted by Crippen LogP contribution is -2.10. The van der Waals surface area contributed by atoms with Crippen LogP contribution in [0.5, 0.6) is 0 Å². The summed E-state index contributed by atoms with van der Waals surface area (Å²) < 4.78 is 0. The molecule has 2 aromatic heterocycles. The molecule has 0 aliphatic heterocycles. The van der Waals surface area contributed by atoms with Crippen LogP contribution in [0.25, 0.3) is 11.2 Å². The Bertz CT molecular complexity index is 584. The number of hydrogen-bond donors (Lipinski definition) is 4. The zero-order valence-electron chi connectivity index (χ0n) is 7.44. The first kappa shape index (κ1) is 9.19. The minimum Gasteiger partial charge on any atom is -0.481 e. The second kappa shape index (κ2) is 3.08. The molecule has 2 heterocycles. The summed E-state index contributed by atoms with van der Waals surface area (Å²) in [5.41, 5.74) is 5.07. The van der Waals surface area contributed by atoms with Crippen molar-refractivity contribution in [3.05, 3.63) is 16.2 Å². The first-order valence-corrected chi connectivity index (χ1v) is 4.02. The number of nitrogens with two attached hydrogens (primary N) is 1. The van der Waals surface area contributed by atoms with Gasteiger partial charge in [0.05, 0.1) is 0 Å². The molecule has 0 atom stereocenters. The summed E-state index contributed by atoms with van der Waals surface area (Å²) >= 11 is 0. The summed E-state index contributed by atoms with van der Waals surface area (Å²) in [4.78, 5) is 34.1. The molecule has 0 saturated carbocycles. The van der Waals surface area contributed by atoms with Crippen molar-refractivity contribution in [2.24, 2.45) is 0 Å². The molecular formula is C7H7N5O3. The largest absolute Gasteiger partial charge is 0.481 e. The highest BCUT2D eigenvalue weighted by Gasteiger charge is 2.10. The number of carboxylic acids is 1. The molecule has 0 saturated heterocycles. The van der Waals surface area contributed by atoms with Crippen molar-refractivity contribution in [2.75, 3.05) is 5.73 Å². The lowest BCUT2D eigenvalue weighted by atomic mass is 10.4. The van der Waals surface area contributed by atoms with Gasteiger partial charge in [0, 0.05) is 0 Å². The van der Waals surface area contributed by atoms with Crippen LogP contribution in [-0.4, -0.2) is 31.0 Å². The zero-order valence-corrected chi connectivity index (χ0v) is 7.44. The minimum atomic E-state index is -1.04. The normalized spacial score (nSPS) is 10.7. The van der Waals surface area contributed by atoms with Crippen LogP contribution < -0.4 is 11.3 Å². The lowest BCUT2D eigenvalue weighted by Gasteiger charge is -1.89. The molecule has 8 heteroatoms. The van der Waals surface area contributed by atoms with Gasteiger partial charge in [-0.25, -0.2) is 4.98 Å². The van der Waals surface area contributed by atoms with Gasteiger partial charge in [0.2, 0.25) is 5.95 Å². The van der Waals surface area contributed by atoms with E-state index in [1.165, 1.54) is 0 Å². The van der Waals surface area contributed by atoms with Crippen molar-refractivity contribution in [3.63, 3.8) is 0 Å². The fourth-order valence-corrected chi connectivity index (χ4v) is 1.20. The molecule has 2 aromatic rings. The Balaban J connectivity index is 2.60. The molecule has 0 bridgehead atoms. The molecule has 0 spiro atoms. The van der Waals surface area contributed by atoms with Crippen molar-refractivity contribution in [3.8, 4) is 0 Å². The Morgan fingerprint density at radius 3 is 2.80 bits per heavy atom. The Hall–Kier alpha value is -2.38. The fourth-order valence-electron chi connectivity index (χ4n) is 1.20. The van der Waals surface area contributed by atoms with Crippen LogP contribution in [0.3, 0.4) is 0 Å². The van der Waals surface area contributed by atoms with Gasteiger partial charge in [-0.05, 0) is 0 Å². The van der Waals surface area contributed by atoms with Crippen LogP contribution in [-0.2, 0) is 11.2 Å². The zero-order chi connectivity index (χ0) is 11.0. The van der Waals surface area contributed by atoms with Gasteiger partial charge in [-0.2, -0.15) is 4.98 Å². The van der Waals surface area contributed by atoms with Crippen LogP contribution in [0, 0.1) is 0 Å². The number of imidazole rings is 1. The van der Waals surface area contributed by atoms with Crippen molar-refractivity contribution in [2.45, 2.75) is 6.42 Å². The molecule has 15 heavy (non-hydrogen) atoms. The van der Waals surface area contributed by atoms with Gasteiger partial charge in [0.1, 0.15) is 12.2 Å². The molecule has 0 unspecified atom stereocenters. The predicted molar refractivity (Wildman–Crippen MR) is 50.3 cm³/mol.